The van der Waals surface area contributed by atoms with Gasteiger partial charge in [-0.05, 0) is 13.8 Å². The van der Waals surface area contributed by atoms with E-state index in [0.717, 1.165) is 0 Å². The summed E-state index contributed by atoms with van der Waals surface area (Å²) in [5.74, 6) is 0.974. The van der Waals surface area contributed by atoms with Crippen LogP contribution in [0.25, 0.3) is 0 Å². The highest BCUT2D eigenvalue weighted by Crippen LogP contribution is 2.01. The van der Waals surface area contributed by atoms with Gasteiger partial charge in [0.15, 0.2) is 5.82 Å². The molecule has 5 nitrogen and oxygen atoms in total. The van der Waals surface area contributed by atoms with Gasteiger partial charge in [0.25, 0.3) is 0 Å². The molecule has 0 spiro atoms. The monoisotopic (exact) mass is 186 g/mol. The maximum absolute atomic E-state index is 9.03. The molecule has 0 aliphatic rings. The number of ether oxygens (including phenoxy) is 1. The van der Waals surface area contributed by atoms with E-state index in [1.807, 2.05) is 6.92 Å². The first-order valence-corrected chi connectivity index (χ1v) is 4.29. The smallest absolute Gasteiger partial charge is 0.229 e. The van der Waals surface area contributed by atoms with Crippen LogP contribution in [0, 0.1) is 0 Å². The topological polar surface area (TPSA) is 68.4 Å². The lowest BCUT2D eigenvalue weighted by atomic mass is 10.3. The zero-order valence-electron chi connectivity index (χ0n) is 7.86. The van der Waals surface area contributed by atoms with Gasteiger partial charge in [-0.1, -0.05) is 5.16 Å². The van der Waals surface area contributed by atoms with Crippen LogP contribution < -0.4 is 0 Å². The Balaban J connectivity index is 2.44. The molecule has 1 aromatic rings. The van der Waals surface area contributed by atoms with Crippen molar-refractivity contribution in [1.29, 1.82) is 0 Å². The van der Waals surface area contributed by atoms with E-state index in [1.165, 1.54) is 0 Å². The Kier molecular flexibility index (Phi) is 3.85. The predicted molar refractivity (Wildman–Crippen MR) is 45.0 cm³/mol. The van der Waals surface area contributed by atoms with Crippen LogP contribution in [-0.2, 0) is 17.8 Å². The van der Waals surface area contributed by atoms with E-state index in [0.29, 0.717) is 31.3 Å². The summed E-state index contributed by atoms with van der Waals surface area (Å²) >= 11 is 0. The Morgan fingerprint density at radius 3 is 3.00 bits per heavy atom. The summed E-state index contributed by atoms with van der Waals surface area (Å²) in [5, 5.41) is 12.7. The summed E-state index contributed by atoms with van der Waals surface area (Å²) in [6.07, 6.45) is -0.0699. The maximum atomic E-state index is 9.03. The average molecular weight is 186 g/mol. The number of aliphatic hydroxyl groups excluding tert-OH is 1. The fraction of sp³-hybridized carbons (Fsp3) is 0.750. The number of rotatable bonds is 5. The Morgan fingerprint density at radius 1 is 1.62 bits per heavy atom. The molecule has 5 heteroatoms. The molecule has 1 atom stereocenters. The van der Waals surface area contributed by atoms with Crippen molar-refractivity contribution in [2.45, 2.75) is 33.0 Å². The van der Waals surface area contributed by atoms with Crippen LogP contribution in [0.1, 0.15) is 25.6 Å². The van der Waals surface area contributed by atoms with Crippen molar-refractivity contribution in [3.05, 3.63) is 11.7 Å². The minimum Gasteiger partial charge on any atom is -0.393 e. The molecular formula is C8H14N2O3. The third kappa shape index (κ3) is 3.52. The van der Waals surface area contributed by atoms with Gasteiger partial charge in [0.2, 0.25) is 5.89 Å². The molecule has 0 aromatic carbocycles. The number of aliphatic hydroxyl groups is 1. The molecule has 0 aliphatic heterocycles. The number of hydrogen-bond acceptors (Lipinski definition) is 5. The molecular weight excluding hydrogens is 172 g/mol. The van der Waals surface area contributed by atoms with Crippen LogP contribution in [0.15, 0.2) is 4.52 Å². The van der Waals surface area contributed by atoms with Crippen molar-refractivity contribution in [2.75, 3.05) is 6.61 Å². The van der Waals surface area contributed by atoms with Crippen molar-refractivity contribution < 1.29 is 14.4 Å². The Bertz CT molecular complexity index is 247. The van der Waals surface area contributed by atoms with Gasteiger partial charge in [-0.3, -0.25) is 0 Å². The summed E-state index contributed by atoms with van der Waals surface area (Å²) in [7, 11) is 0. The molecule has 74 valence electrons. The van der Waals surface area contributed by atoms with E-state index >= 15 is 0 Å². The lowest BCUT2D eigenvalue weighted by molar-refractivity contribution is 0.126. The van der Waals surface area contributed by atoms with Gasteiger partial charge in [0.05, 0.1) is 12.5 Å². The van der Waals surface area contributed by atoms with E-state index in [9.17, 15) is 0 Å². The highest BCUT2D eigenvalue weighted by Gasteiger charge is 2.08. The molecule has 0 amide bonds. The maximum Gasteiger partial charge on any atom is 0.229 e. The molecule has 0 bridgehead atoms. The molecule has 1 rings (SSSR count). The summed E-state index contributed by atoms with van der Waals surface area (Å²) in [4.78, 5) is 4.03. The molecule has 1 heterocycles. The van der Waals surface area contributed by atoms with Crippen LogP contribution in [0.3, 0.4) is 0 Å². The second-order valence-electron chi connectivity index (χ2n) is 2.79. The van der Waals surface area contributed by atoms with Crippen molar-refractivity contribution in [2.24, 2.45) is 0 Å². The first kappa shape index (κ1) is 10.1. The quantitative estimate of drug-likeness (QED) is 0.726. The van der Waals surface area contributed by atoms with Crippen molar-refractivity contribution in [1.82, 2.24) is 10.1 Å². The standard InChI is InChI=1S/C8H14N2O3/c1-3-12-5-7-9-8(13-10-7)4-6(2)11/h6,11H,3-5H2,1-2H3. The van der Waals surface area contributed by atoms with Crippen LogP contribution >= 0.6 is 0 Å². The van der Waals surface area contributed by atoms with Gasteiger partial charge < -0.3 is 14.4 Å². The summed E-state index contributed by atoms with van der Waals surface area (Å²) in [6, 6.07) is 0. The van der Waals surface area contributed by atoms with Gasteiger partial charge in [-0.25, -0.2) is 0 Å². The Hall–Kier alpha value is -0.940. The van der Waals surface area contributed by atoms with Gasteiger partial charge in [-0.15, -0.1) is 0 Å². The van der Waals surface area contributed by atoms with Crippen LogP contribution in [-0.4, -0.2) is 28.0 Å². The van der Waals surface area contributed by atoms with E-state index in [-0.39, 0.29) is 0 Å². The normalized spacial score (nSPS) is 13.2. The predicted octanol–water partition coefficient (Wildman–Crippen LogP) is 0.529. The van der Waals surface area contributed by atoms with Gasteiger partial charge in [-0.2, -0.15) is 4.98 Å². The first-order valence-electron chi connectivity index (χ1n) is 4.29. The number of hydrogen-bond donors (Lipinski definition) is 1. The average Bonchev–Trinajstić information content (AvgIpc) is 2.48. The lowest BCUT2D eigenvalue weighted by Gasteiger charge is -1.95. The van der Waals surface area contributed by atoms with Crippen LogP contribution in [0.5, 0.6) is 0 Å². The minimum absolute atomic E-state index is 0.361. The third-order valence-corrected chi connectivity index (χ3v) is 1.42. The van der Waals surface area contributed by atoms with E-state index in [1.54, 1.807) is 6.92 Å². The Morgan fingerprint density at radius 2 is 2.38 bits per heavy atom. The SMILES string of the molecule is CCOCc1noc(CC(C)O)n1. The van der Waals surface area contributed by atoms with E-state index < -0.39 is 6.10 Å². The molecule has 0 radical (unpaired) electrons. The molecule has 0 fully saturated rings. The van der Waals surface area contributed by atoms with Crippen molar-refractivity contribution in [3.63, 3.8) is 0 Å². The van der Waals surface area contributed by atoms with E-state index in [4.69, 9.17) is 14.4 Å². The molecule has 1 aromatic heterocycles. The highest BCUT2D eigenvalue weighted by molar-refractivity contribution is 4.85. The first-order chi connectivity index (χ1) is 6.22. The number of aromatic nitrogens is 2. The zero-order chi connectivity index (χ0) is 9.68. The molecule has 0 saturated heterocycles. The lowest BCUT2D eigenvalue weighted by Crippen LogP contribution is -2.04. The van der Waals surface area contributed by atoms with Gasteiger partial charge >= 0.3 is 0 Å². The molecule has 0 saturated carbocycles. The van der Waals surface area contributed by atoms with Crippen LogP contribution in [0.4, 0.5) is 0 Å². The Labute approximate surface area is 76.7 Å². The molecule has 1 unspecified atom stereocenters. The van der Waals surface area contributed by atoms with E-state index in [2.05, 4.69) is 10.1 Å². The second-order valence-corrected chi connectivity index (χ2v) is 2.79. The van der Waals surface area contributed by atoms with Crippen molar-refractivity contribution in [3.8, 4) is 0 Å². The highest BCUT2D eigenvalue weighted by atomic mass is 16.5. The fourth-order valence-corrected chi connectivity index (χ4v) is 0.878. The summed E-state index contributed by atoms with van der Waals surface area (Å²) < 4.78 is 9.96. The minimum atomic E-state index is -0.458. The largest absolute Gasteiger partial charge is 0.393 e. The zero-order valence-corrected chi connectivity index (χ0v) is 7.86. The molecule has 0 aliphatic carbocycles. The summed E-state index contributed by atoms with van der Waals surface area (Å²) in [6.45, 7) is 4.56. The van der Waals surface area contributed by atoms with Gasteiger partial charge in [0, 0.05) is 6.61 Å². The van der Waals surface area contributed by atoms with Crippen molar-refractivity contribution >= 4 is 0 Å². The van der Waals surface area contributed by atoms with Crippen LogP contribution in [0.2, 0.25) is 0 Å². The second kappa shape index (κ2) is 4.94. The fourth-order valence-electron chi connectivity index (χ4n) is 0.878. The molecule has 13 heavy (non-hydrogen) atoms. The third-order valence-electron chi connectivity index (χ3n) is 1.42. The summed E-state index contributed by atoms with van der Waals surface area (Å²) in [5.41, 5.74) is 0. The number of nitrogens with zero attached hydrogens (tertiary/aromatic N) is 2. The van der Waals surface area contributed by atoms with Gasteiger partial charge in [0.1, 0.15) is 6.61 Å². The molecule has 1 N–H and O–H groups in total.